The standard InChI is InChI=1S/C26H27BrClN3O5/c1-15(26(33)35-3)36-23-20(34-2)13-17(21(27)22(23)28)14-29-31-24(16-9-5-4-6-10-16)30-19-12-8-7-11-18(19)25(31)32/h7-8,11-16H,4-6,9-10H2,1-3H3/t15-/m0/s1. The lowest BCUT2D eigenvalue weighted by atomic mass is 9.88. The Morgan fingerprint density at radius 2 is 1.97 bits per heavy atom. The lowest BCUT2D eigenvalue weighted by Gasteiger charge is -2.22. The van der Waals surface area contributed by atoms with Crippen LogP contribution in [0, 0.1) is 0 Å². The molecule has 8 nitrogen and oxygen atoms in total. The Balaban J connectivity index is 1.78. The van der Waals surface area contributed by atoms with Crippen molar-refractivity contribution in [3.05, 3.63) is 61.6 Å². The number of esters is 1. The molecular formula is C26H27BrClN3O5. The Morgan fingerprint density at radius 1 is 1.25 bits per heavy atom. The summed E-state index contributed by atoms with van der Waals surface area (Å²) >= 11 is 10.1. The van der Waals surface area contributed by atoms with E-state index < -0.39 is 12.1 Å². The molecule has 2 aromatic carbocycles. The largest absolute Gasteiger partial charge is 0.493 e. The van der Waals surface area contributed by atoms with Crippen LogP contribution >= 0.6 is 27.5 Å². The van der Waals surface area contributed by atoms with Gasteiger partial charge in [0.2, 0.25) is 0 Å². The first kappa shape index (κ1) is 26.2. The number of halogens is 2. The molecule has 1 aliphatic carbocycles. The minimum atomic E-state index is -0.895. The van der Waals surface area contributed by atoms with E-state index in [9.17, 15) is 9.59 Å². The van der Waals surface area contributed by atoms with E-state index in [1.54, 1.807) is 19.1 Å². The zero-order valence-corrected chi connectivity index (χ0v) is 22.6. The number of nitrogens with zero attached hydrogens (tertiary/aromatic N) is 3. The molecule has 0 radical (unpaired) electrons. The van der Waals surface area contributed by atoms with Crippen LogP contribution in [-0.4, -0.2) is 42.2 Å². The van der Waals surface area contributed by atoms with Crippen molar-refractivity contribution in [2.45, 2.75) is 51.0 Å². The topological polar surface area (TPSA) is 92.0 Å². The van der Waals surface area contributed by atoms with Crippen LogP contribution in [-0.2, 0) is 9.53 Å². The van der Waals surface area contributed by atoms with Gasteiger partial charge in [0.25, 0.3) is 5.56 Å². The van der Waals surface area contributed by atoms with Crippen LogP contribution in [0.1, 0.15) is 56.3 Å². The first-order valence-electron chi connectivity index (χ1n) is 11.7. The number of carbonyl (C=O) groups excluding carboxylic acids is 1. The molecule has 190 valence electrons. The molecule has 36 heavy (non-hydrogen) atoms. The Hall–Kier alpha value is -2.91. The third-order valence-corrected chi connectivity index (χ3v) is 7.71. The molecule has 1 heterocycles. The smallest absolute Gasteiger partial charge is 0.346 e. The van der Waals surface area contributed by atoms with Gasteiger partial charge in [-0.05, 0) is 53.9 Å². The molecular weight excluding hydrogens is 550 g/mol. The lowest BCUT2D eigenvalue weighted by Crippen LogP contribution is -2.25. The quantitative estimate of drug-likeness (QED) is 0.265. The summed E-state index contributed by atoms with van der Waals surface area (Å²) in [5.41, 5.74) is 1.00. The molecule has 1 saturated carbocycles. The van der Waals surface area contributed by atoms with Crippen molar-refractivity contribution in [1.82, 2.24) is 9.66 Å². The third-order valence-electron chi connectivity index (χ3n) is 6.26. The third kappa shape index (κ3) is 5.27. The normalized spacial score (nSPS) is 15.2. The molecule has 1 atom stereocenters. The molecule has 10 heteroatoms. The fraction of sp³-hybridized carbons (Fsp3) is 0.385. The number of ether oxygens (including phenoxy) is 3. The van der Waals surface area contributed by atoms with Gasteiger partial charge in [0.15, 0.2) is 17.6 Å². The Labute approximate surface area is 222 Å². The van der Waals surface area contributed by atoms with Crippen molar-refractivity contribution in [3.8, 4) is 11.5 Å². The van der Waals surface area contributed by atoms with E-state index in [-0.39, 0.29) is 22.2 Å². The lowest BCUT2D eigenvalue weighted by molar-refractivity contribution is -0.147. The maximum absolute atomic E-state index is 13.4. The number of aromatic nitrogens is 2. The number of rotatable bonds is 7. The van der Waals surface area contributed by atoms with E-state index in [0.717, 1.165) is 25.7 Å². The molecule has 0 unspecified atom stereocenters. The van der Waals surface area contributed by atoms with E-state index >= 15 is 0 Å². The van der Waals surface area contributed by atoms with E-state index in [0.29, 0.717) is 32.5 Å². The molecule has 0 N–H and O–H groups in total. The van der Waals surface area contributed by atoms with E-state index in [1.807, 2.05) is 18.2 Å². The van der Waals surface area contributed by atoms with Gasteiger partial charge in [-0.3, -0.25) is 4.79 Å². The van der Waals surface area contributed by atoms with Gasteiger partial charge in [-0.2, -0.15) is 9.78 Å². The second kappa shape index (κ2) is 11.4. The molecule has 1 aromatic heterocycles. The summed E-state index contributed by atoms with van der Waals surface area (Å²) in [6.07, 6.45) is 5.96. The minimum absolute atomic E-state index is 0.158. The highest BCUT2D eigenvalue weighted by Gasteiger charge is 2.24. The summed E-state index contributed by atoms with van der Waals surface area (Å²) in [4.78, 5) is 30.1. The van der Waals surface area contributed by atoms with Crippen LogP contribution in [0.3, 0.4) is 0 Å². The molecule has 1 fully saturated rings. The summed E-state index contributed by atoms with van der Waals surface area (Å²) in [6.45, 7) is 1.55. The zero-order chi connectivity index (χ0) is 25.8. The molecule has 4 rings (SSSR count). The van der Waals surface area contributed by atoms with Gasteiger partial charge < -0.3 is 14.2 Å². The number of methoxy groups -OCH3 is 2. The molecule has 0 amide bonds. The predicted molar refractivity (Wildman–Crippen MR) is 143 cm³/mol. The Bertz CT molecular complexity index is 1370. The fourth-order valence-electron chi connectivity index (χ4n) is 4.35. The van der Waals surface area contributed by atoms with Crippen molar-refractivity contribution in [3.63, 3.8) is 0 Å². The minimum Gasteiger partial charge on any atom is -0.493 e. The molecule has 0 bridgehead atoms. The van der Waals surface area contributed by atoms with Crippen LogP contribution in [0.4, 0.5) is 0 Å². The van der Waals surface area contributed by atoms with Gasteiger partial charge in [-0.15, -0.1) is 0 Å². The number of fused-ring (bicyclic) bond motifs is 1. The highest BCUT2D eigenvalue weighted by molar-refractivity contribution is 9.10. The maximum Gasteiger partial charge on any atom is 0.346 e. The predicted octanol–water partition coefficient (Wildman–Crippen LogP) is 5.69. The summed E-state index contributed by atoms with van der Waals surface area (Å²) in [5, 5.41) is 5.27. The number of carbonyl (C=O) groups is 1. The molecule has 0 saturated heterocycles. The monoisotopic (exact) mass is 575 g/mol. The van der Waals surface area contributed by atoms with Crippen LogP contribution in [0.2, 0.25) is 5.02 Å². The molecule has 3 aromatic rings. The first-order valence-corrected chi connectivity index (χ1v) is 12.9. The second-order valence-corrected chi connectivity index (χ2v) is 9.76. The van der Waals surface area contributed by atoms with E-state index in [4.69, 9.17) is 30.8 Å². The molecule has 0 aliphatic heterocycles. The summed E-state index contributed by atoms with van der Waals surface area (Å²) in [7, 11) is 2.75. The van der Waals surface area contributed by atoms with Crippen LogP contribution < -0.4 is 15.0 Å². The van der Waals surface area contributed by atoms with Crippen molar-refractivity contribution < 1.29 is 19.0 Å². The number of para-hydroxylation sites is 1. The Morgan fingerprint density at radius 3 is 2.67 bits per heavy atom. The summed E-state index contributed by atoms with van der Waals surface area (Å²) < 4.78 is 17.8. The van der Waals surface area contributed by atoms with Crippen LogP contribution in [0.25, 0.3) is 10.9 Å². The Kier molecular flexibility index (Phi) is 8.31. The van der Waals surface area contributed by atoms with Gasteiger partial charge in [0.1, 0.15) is 10.8 Å². The molecule has 0 spiro atoms. The van der Waals surface area contributed by atoms with Crippen molar-refractivity contribution in [2.75, 3.05) is 14.2 Å². The first-order chi connectivity index (χ1) is 17.3. The zero-order valence-electron chi connectivity index (χ0n) is 20.3. The number of hydrogen-bond donors (Lipinski definition) is 0. The average Bonchev–Trinajstić information content (AvgIpc) is 2.91. The SMILES string of the molecule is COC(=O)[C@H](C)Oc1c(OC)cc(C=Nn2c(C3CCCCC3)nc3ccccc3c2=O)c(Br)c1Cl. The van der Waals surface area contributed by atoms with Gasteiger partial charge in [0.05, 0.1) is 31.3 Å². The summed E-state index contributed by atoms with van der Waals surface area (Å²) in [6, 6.07) is 8.97. The number of hydrogen-bond acceptors (Lipinski definition) is 7. The maximum atomic E-state index is 13.4. The van der Waals surface area contributed by atoms with E-state index in [1.165, 1.54) is 31.5 Å². The number of benzene rings is 2. The van der Waals surface area contributed by atoms with Gasteiger partial charge in [-0.25, -0.2) is 9.78 Å². The highest BCUT2D eigenvalue weighted by Crippen LogP contribution is 2.42. The van der Waals surface area contributed by atoms with Crippen molar-refractivity contribution in [1.29, 1.82) is 0 Å². The second-order valence-electron chi connectivity index (χ2n) is 8.59. The van der Waals surface area contributed by atoms with Crippen molar-refractivity contribution >= 4 is 50.6 Å². The summed E-state index contributed by atoms with van der Waals surface area (Å²) in [5.74, 6) is 0.764. The van der Waals surface area contributed by atoms with Gasteiger partial charge in [-0.1, -0.05) is 43.0 Å². The fourth-order valence-corrected chi connectivity index (χ4v) is 4.99. The van der Waals surface area contributed by atoms with Crippen LogP contribution in [0.5, 0.6) is 11.5 Å². The van der Waals surface area contributed by atoms with Crippen LogP contribution in [0.15, 0.2) is 44.7 Å². The molecule has 1 aliphatic rings. The van der Waals surface area contributed by atoms with Crippen molar-refractivity contribution in [2.24, 2.45) is 5.10 Å². The van der Waals surface area contributed by atoms with Gasteiger partial charge >= 0.3 is 5.97 Å². The average molecular weight is 577 g/mol. The van der Waals surface area contributed by atoms with E-state index in [2.05, 4.69) is 21.0 Å². The van der Waals surface area contributed by atoms with Gasteiger partial charge in [0, 0.05) is 16.0 Å². The highest BCUT2D eigenvalue weighted by atomic mass is 79.9.